The summed E-state index contributed by atoms with van der Waals surface area (Å²) < 4.78 is 27.3. The molecule has 7 nitrogen and oxygen atoms in total. The molecular formula is C22H24ClN3O4S. The van der Waals surface area contributed by atoms with Crippen molar-refractivity contribution in [3.8, 4) is 0 Å². The molecule has 1 N–H and O–H groups in total. The van der Waals surface area contributed by atoms with Gasteiger partial charge in [0.1, 0.15) is 6.04 Å². The van der Waals surface area contributed by atoms with Crippen LogP contribution >= 0.6 is 11.6 Å². The van der Waals surface area contributed by atoms with E-state index in [4.69, 9.17) is 11.6 Å². The molecule has 0 aromatic heterocycles. The molecule has 0 radical (unpaired) electrons. The third-order valence-electron chi connectivity index (χ3n) is 5.91. The standard InChI is InChI=1S/C22H24ClN3O4S/c1-14-18(23)6-5-7-19(14)24-22(28)21-13-16-12-17(8-9-20(16)26(21)15(2)27)31(29,30)25-10-3-4-11-25/h5-9,12,21H,3-4,10-11,13H2,1-2H3,(H,24,28)/t21-/m1/s1. The Balaban J connectivity index is 1.63. The molecule has 0 bridgehead atoms. The molecule has 2 amide bonds. The lowest BCUT2D eigenvalue weighted by atomic mass is 10.1. The number of nitrogens with one attached hydrogen (secondary N) is 1. The second kappa shape index (κ2) is 8.26. The second-order valence-corrected chi connectivity index (χ2v) is 10.3. The van der Waals surface area contributed by atoms with E-state index in [2.05, 4.69) is 5.32 Å². The first-order valence-corrected chi connectivity index (χ1v) is 12.0. The average Bonchev–Trinajstić information content (AvgIpc) is 3.39. The fraction of sp³-hybridized carbons (Fsp3) is 0.364. The van der Waals surface area contributed by atoms with Gasteiger partial charge in [0, 0.05) is 42.8 Å². The Kier molecular flexibility index (Phi) is 5.81. The van der Waals surface area contributed by atoms with Crippen molar-refractivity contribution in [2.24, 2.45) is 0 Å². The summed E-state index contributed by atoms with van der Waals surface area (Å²) in [4.78, 5) is 27.1. The molecule has 4 rings (SSSR count). The fourth-order valence-electron chi connectivity index (χ4n) is 4.22. The molecule has 164 valence electrons. The summed E-state index contributed by atoms with van der Waals surface area (Å²) in [6.07, 6.45) is 1.95. The van der Waals surface area contributed by atoms with Crippen molar-refractivity contribution < 1.29 is 18.0 Å². The van der Waals surface area contributed by atoms with Crippen molar-refractivity contribution >= 4 is 44.8 Å². The molecule has 1 fully saturated rings. The van der Waals surface area contributed by atoms with Crippen molar-refractivity contribution in [2.45, 2.75) is 44.0 Å². The topological polar surface area (TPSA) is 86.8 Å². The SMILES string of the molecule is CC(=O)N1c2ccc(S(=O)(=O)N3CCCC3)cc2C[C@@H]1C(=O)Nc1cccc(Cl)c1C. The Hall–Kier alpha value is -2.42. The number of anilines is 2. The highest BCUT2D eigenvalue weighted by atomic mass is 35.5. The number of sulfonamides is 1. The van der Waals surface area contributed by atoms with Crippen molar-refractivity contribution in [1.82, 2.24) is 4.31 Å². The van der Waals surface area contributed by atoms with Gasteiger partial charge in [0.2, 0.25) is 21.8 Å². The monoisotopic (exact) mass is 461 g/mol. The first-order chi connectivity index (χ1) is 14.7. The Bertz CT molecular complexity index is 1160. The molecule has 0 aliphatic carbocycles. The highest BCUT2D eigenvalue weighted by Gasteiger charge is 2.38. The normalized spacial score (nSPS) is 18.8. The molecule has 2 aromatic carbocycles. The zero-order valence-corrected chi connectivity index (χ0v) is 19.0. The quantitative estimate of drug-likeness (QED) is 0.756. The predicted octanol–water partition coefficient (Wildman–Crippen LogP) is 3.35. The molecular weight excluding hydrogens is 438 g/mol. The van der Waals surface area contributed by atoms with Gasteiger partial charge in [0.25, 0.3) is 0 Å². The summed E-state index contributed by atoms with van der Waals surface area (Å²) >= 11 is 6.15. The summed E-state index contributed by atoms with van der Waals surface area (Å²) in [5.74, 6) is -0.627. The summed E-state index contributed by atoms with van der Waals surface area (Å²) in [6.45, 7) is 4.24. The van der Waals surface area contributed by atoms with Crippen LogP contribution in [0.2, 0.25) is 5.02 Å². The minimum atomic E-state index is -3.58. The molecule has 2 aliphatic rings. The van der Waals surface area contributed by atoms with Gasteiger partial charge >= 0.3 is 0 Å². The Labute approximate surface area is 187 Å². The number of hydrogen-bond donors (Lipinski definition) is 1. The van der Waals surface area contributed by atoms with E-state index in [0.717, 1.165) is 18.4 Å². The maximum atomic E-state index is 13.1. The van der Waals surface area contributed by atoms with E-state index >= 15 is 0 Å². The molecule has 2 aliphatic heterocycles. The van der Waals surface area contributed by atoms with Crippen LogP contribution in [0.4, 0.5) is 11.4 Å². The van der Waals surface area contributed by atoms with Gasteiger partial charge < -0.3 is 5.32 Å². The van der Waals surface area contributed by atoms with Crippen LogP contribution in [0.15, 0.2) is 41.3 Å². The van der Waals surface area contributed by atoms with Crippen LogP contribution in [-0.4, -0.2) is 43.7 Å². The Morgan fingerprint density at radius 3 is 2.52 bits per heavy atom. The molecule has 0 spiro atoms. The summed E-state index contributed by atoms with van der Waals surface area (Å²) in [7, 11) is -3.58. The molecule has 1 atom stereocenters. The lowest BCUT2D eigenvalue weighted by Crippen LogP contribution is -2.44. The van der Waals surface area contributed by atoms with Crippen molar-refractivity contribution in [1.29, 1.82) is 0 Å². The van der Waals surface area contributed by atoms with Crippen LogP contribution in [0.25, 0.3) is 0 Å². The fourth-order valence-corrected chi connectivity index (χ4v) is 5.97. The van der Waals surface area contributed by atoms with Crippen molar-refractivity contribution in [3.05, 3.63) is 52.5 Å². The average molecular weight is 462 g/mol. The number of hydrogen-bond acceptors (Lipinski definition) is 4. The van der Waals surface area contributed by atoms with Crippen LogP contribution in [0.5, 0.6) is 0 Å². The highest BCUT2D eigenvalue weighted by molar-refractivity contribution is 7.89. The number of rotatable bonds is 4. The maximum absolute atomic E-state index is 13.1. The van der Waals surface area contributed by atoms with E-state index in [1.165, 1.54) is 22.2 Å². The molecule has 2 heterocycles. The number of benzene rings is 2. The van der Waals surface area contributed by atoms with E-state index in [0.29, 0.717) is 35.1 Å². The predicted molar refractivity (Wildman–Crippen MR) is 120 cm³/mol. The summed E-state index contributed by atoms with van der Waals surface area (Å²) in [5, 5.41) is 3.39. The van der Waals surface area contributed by atoms with Crippen LogP contribution in [-0.2, 0) is 26.0 Å². The van der Waals surface area contributed by atoms with E-state index < -0.39 is 16.1 Å². The Morgan fingerprint density at radius 1 is 1.13 bits per heavy atom. The number of carbonyl (C=O) groups excluding carboxylic acids is 2. The maximum Gasteiger partial charge on any atom is 0.247 e. The van der Waals surface area contributed by atoms with Crippen molar-refractivity contribution in [2.75, 3.05) is 23.3 Å². The molecule has 1 saturated heterocycles. The van der Waals surface area contributed by atoms with Gasteiger partial charge in [-0.05, 0) is 61.2 Å². The summed E-state index contributed by atoms with van der Waals surface area (Å²) in [6, 6.07) is 9.20. The second-order valence-electron chi connectivity index (χ2n) is 7.91. The molecule has 2 aromatic rings. The van der Waals surface area contributed by atoms with Crippen LogP contribution in [0.1, 0.15) is 30.9 Å². The van der Waals surface area contributed by atoms with Gasteiger partial charge in [-0.1, -0.05) is 17.7 Å². The third kappa shape index (κ3) is 3.95. The first kappa shape index (κ1) is 21.8. The zero-order valence-electron chi connectivity index (χ0n) is 17.4. The molecule has 9 heteroatoms. The van der Waals surface area contributed by atoms with E-state index in [9.17, 15) is 18.0 Å². The molecule has 0 saturated carbocycles. The Morgan fingerprint density at radius 2 is 1.84 bits per heavy atom. The zero-order chi connectivity index (χ0) is 22.3. The van der Waals surface area contributed by atoms with Crippen LogP contribution in [0, 0.1) is 6.92 Å². The molecule has 0 unspecified atom stereocenters. The number of amides is 2. The van der Waals surface area contributed by atoms with Gasteiger partial charge in [-0.3, -0.25) is 14.5 Å². The van der Waals surface area contributed by atoms with Gasteiger partial charge in [-0.15, -0.1) is 0 Å². The molecule has 31 heavy (non-hydrogen) atoms. The lowest BCUT2D eigenvalue weighted by Gasteiger charge is -2.24. The highest BCUT2D eigenvalue weighted by Crippen LogP contribution is 2.36. The van der Waals surface area contributed by atoms with Gasteiger partial charge in [0.15, 0.2) is 0 Å². The number of nitrogens with zero attached hydrogens (tertiary/aromatic N) is 2. The smallest absolute Gasteiger partial charge is 0.247 e. The lowest BCUT2D eigenvalue weighted by molar-refractivity contribution is -0.122. The van der Waals surface area contributed by atoms with Gasteiger partial charge in [-0.2, -0.15) is 4.31 Å². The van der Waals surface area contributed by atoms with E-state index in [-0.39, 0.29) is 23.1 Å². The van der Waals surface area contributed by atoms with Crippen molar-refractivity contribution in [3.63, 3.8) is 0 Å². The van der Waals surface area contributed by atoms with Gasteiger partial charge in [0.05, 0.1) is 4.90 Å². The summed E-state index contributed by atoms with van der Waals surface area (Å²) in [5.41, 5.74) is 2.55. The van der Waals surface area contributed by atoms with Crippen LogP contribution in [0.3, 0.4) is 0 Å². The minimum Gasteiger partial charge on any atom is -0.324 e. The van der Waals surface area contributed by atoms with E-state index in [1.807, 2.05) is 0 Å². The number of fused-ring (bicyclic) bond motifs is 1. The largest absolute Gasteiger partial charge is 0.324 e. The van der Waals surface area contributed by atoms with Gasteiger partial charge in [-0.25, -0.2) is 8.42 Å². The number of carbonyl (C=O) groups is 2. The first-order valence-electron chi connectivity index (χ1n) is 10.2. The van der Waals surface area contributed by atoms with Crippen LogP contribution < -0.4 is 10.2 Å². The van der Waals surface area contributed by atoms with E-state index in [1.54, 1.807) is 37.3 Å². The third-order valence-corrected chi connectivity index (χ3v) is 8.21. The minimum absolute atomic E-state index is 0.198. The number of halogens is 1.